The van der Waals surface area contributed by atoms with Gasteiger partial charge in [-0.15, -0.1) is 11.3 Å². The van der Waals surface area contributed by atoms with Crippen LogP contribution in [-0.4, -0.2) is 93.2 Å². The van der Waals surface area contributed by atoms with Crippen LogP contribution in [0.4, 0.5) is 0 Å². The van der Waals surface area contributed by atoms with Crippen LogP contribution in [0.2, 0.25) is 0 Å². The van der Waals surface area contributed by atoms with Crippen LogP contribution in [-0.2, 0) is 0 Å². The molecule has 1 aromatic heterocycles. The second-order valence-electron chi connectivity index (χ2n) is 8.89. The Balaban J connectivity index is 1.54. The number of hydrogen-bond donors (Lipinski definition) is 2. The zero-order valence-corrected chi connectivity index (χ0v) is 20.1. The zero-order chi connectivity index (χ0) is 21.2. The SMILES string of the molecule is CCNC(=NCC(c1cccs1)N1CCC(C)CC1)NCCN1CCCN(C)CC1. The van der Waals surface area contributed by atoms with Crippen molar-refractivity contribution in [3.63, 3.8) is 0 Å². The number of aliphatic imine (C=N–C) groups is 1. The molecule has 1 aromatic rings. The molecule has 0 saturated carbocycles. The molecule has 6 nitrogen and oxygen atoms in total. The smallest absolute Gasteiger partial charge is 0.191 e. The molecule has 2 N–H and O–H groups in total. The maximum Gasteiger partial charge on any atom is 0.191 e. The Kier molecular flexibility index (Phi) is 9.91. The van der Waals surface area contributed by atoms with Gasteiger partial charge in [-0.1, -0.05) is 13.0 Å². The minimum atomic E-state index is 0.397. The summed E-state index contributed by atoms with van der Waals surface area (Å²) < 4.78 is 0. The number of piperidine rings is 1. The standard InChI is InChI=1S/C23H42N6S/c1-4-24-23(25-10-15-28-12-6-11-27(3)16-17-28)26-19-21(22-7-5-18-30-22)29-13-8-20(2)9-14-29/h5,7,18,20-21H,4,6,8-17,19H2,1-3H3,(H2,24,25,26). The minimum absolute atomic E-state index is 0.397. The highest BCUT2D eigenvalue weighted by Crippen LogP contribution is 2.29. The molecule has 0 bridgehead atoms. The number of nitrogens with zero attached hydrogens (tertiary/aromatic N) is 4. The number of likely N-dealkylation sites (tertiary alicyclic amines) is 1. The molecule has 0 radical (unpaired) electrons. The first-order valence-corrected chi connectivity index (χ1v) is 12.7. The van der Waals surface area contributed by atoms with Crippen LogP contribution in [0.5, 0.6) is 0 Å². The number of rotatable bonds is 8. The van der Waals surface area contributed by atoms with Crippen LogP contribution >= 0.6 is 11.3 Å². The molecular weight excluding hydrogens is 392 g/mol. The Labute approximate surface area is 187 Å². The molecule has 0 amide bonds. The highest BCUT2D eigenvalue weighted by Gasteiger charge is 2.25. The van der Waals surface area contributed by atoms with Gasteiger partial charge in [-0.05, 0) is 76.8 Å². The highest BCUT2D eigenvalue weighted by molar-refractivity contribution is 7.10. The molecule has 3 rings (SSSR count). The fourth-order valence-electron chi connectivity index (χ4n) is 4.38. The second-order valence-corrected chi connectivity index (χ2v) is 9.87. The van der Waals surface area contributed by atoms with Gasteiger partial charge in [-0.2, -0.15) is 0 Å². The van der Waals surface area contributed by atoms with Gasteiger partial charge in [0.25, 0.3) is 0 Å². The zero-order valence-electron chi connectivity index (χ0n) is 19.3. The summed E-state index contributed by atoms with van der Waals surface area (Å²) in [6.45, 7) is 15.4. The maximum atomic E-state index is 5.01. The topological polar surface area (TPSA) is 46.1 Å². The van der Waals surface area contributed by atoms with E-state index in [1.54, 1.807) is 0 Å². The lowest BCUT2D eigenvalue weighted by molar-refractivity contribution is 0.143. The Morgan fingerprint density at radius 1 is 1.17 bits per heavy atom. The van der Waals surface area contributed by atoms with E-state index < -0.39 is 0 Å². The van der Waals surface area contributed by atoms with E-state index in [0.717, 1.165) is 38.1 Å². The Bertz CT molecular complexity index is 611. The summed E-state index contributed by atoms with van der Waals surface area (Å²) in [7, 11) is 2.23. The summed E-state index contributed by atoms with van der Waals surface area (Å²) in [5.41, 5.74) is 0. The first-order valence-electron chi connectivity index (χ1n) is 11.9. The van der Waals surface area contributed by atoms with Crippen molar-refractivity contribution in [2.75, 3.05) is 72.5 Å². The molecule has 0 aromatic carbocycles. The number of guanidine groups is 1. The van der Waals surface area contributed by atoms with Crippen LogP contribution < -0.4 is 10.6 Å². The number of likely N-dealkylation sites (N-methyl/N-ethyl adjacent to an activating group) is 1. The van der Waals surface area contributed by atoms with Crippen LogP contribution in [0.3, 0.4) is 0 Å². The van der Waals surface area contributed by atoms with E-state index in [4.69, 9.17) is 4.99 Å². The predicted molar refractivity (Wildman–Crippen MR) is 130 cm³/mol. The van der Waals surface area contributed by atoms with Gasteiger partial charge in [0.05, 0.1) is 12.6 Å². The van der Waals surface area contributed by atoms with Crippen molar-refractivity contribution in [2.24, 2.45) is 10.9 Å². The van der Waals surface area contributed by atoms with Crippen molar-refractivity contribution < 1.29 is 0 Å². The van der Waals surface area contributed by atoms with Gasteiger partial charge in [-0.25, -0.2) is 0 Å². The molecule has 170 valence electrons. The van der Waals surface area contributed by atoms with Crippen molar-refractivity contribution in [2.45, 2.75) is 39.2 Å². The Hall–Kier alpha value is -1.15. The van der Waals surface area contributed by atoms with Crippen LogP contribution in [0.1, 0.15) is 44.0 Å². The average molecular weight is 435 g/mol. The molecular formula is C23H42N6S. The summed E-state index contributed by atoms with van der Waals surface area (Å²) >= 11 is 1.87. The fraction of sp³-hybridized carbons (Fsp3) is 0.783. The maximum absolute atomic E-state index is 5.01. The Morgan fingerprint density at radius 2 is 2.00 bits per heavy atom. The quantitative estimate of drug-likeness (QED) is 0.487. The number of nitrogens with one attached hydrogen (secondary N) is 2. The van der Waals surface area contributed by atoms with E-state index in [2.05, 4.69) is 63.7 Å². The van der Waals surface area contributed by atoms with Gasteiger partial charge in [0.2, 0.25) is 0 Å². The third-order valence-electron chi connectivity index (χ3n) is 6.43. The lowest BCUT2D eigenvalue weighted by Gasteiger charge is -2.35. The fourth-order valence-corrected chi connectivity index (χ4v) is 5.23. The number of thiophene rings is 1. The van der Waals surface area contributed by atoms with Crippen LogP contribution in [0, 0.1) is 5.92 Å². The van der Waals surface area contributed by atoms with E-state index in [9.17, 15) is 0 Å². The van der Waals surface area contributed by atoms with E-state index in [1.807, 2.05) is 11.3 Å². The summed E-state index contributed by atoms with van der Waals surface area (Å²) in [5, 5.41) is 9.22. The summed E-state index contributed by atoms with van der Waals surface area (Å²) in [5.74, 6) is 1.81. The lowest BCUT2D eigenvalue weighted by atomic mass is 9.97. The molecule has 0 aliphatic carbocycles. The molecule has 0 spiro atoms. The molecule has 3 heterocycles. The summed E-state index contributed by atoms with van der Waals surface area (Å²) in [6, 6.07) is 4.85. The minimum Gasteiger partial charge on any atom is -0.357 e. The second kappa shape index (κ2) is 12.6. The van der Waals surface area contributed by atoms with Crippen LogP contribution in [0.25, 0.3) is 0 Å². The molecule has 1 atom stereocenters. The van der Waals surface area contributed by atoms with Gasteiger partial charge in [-0.3, -0.25) is 9.89 Å². The molecule has 2 aliphatic heterocycles. The van der Waals surface area contributed by atoms with Gasteiger partial charge >= 0.3 is 0 Å². The van der Waals surface area contributed by atoms with E-state index >= 15 is 0 Å². The normalized spacial score (nSPS) is 22.0. The van der Waals surface area contributed by atoms with Crippen molar-refractivity contribution >= 4 is 17.3 Å². The van der Waals surface area contributed by atoms with Gasteiger partial charge < -0.3 is 20.4 Å². The van der Waals surface area contributed by atoms with E-state index in [-0.39, 0.29) is 0 Å². The van der Waals surface area contributed by atoms with Gasteiger partial charge in [0.1, 0.15) is 0 Å². The van der Waals surface area contributed by atoms with Crippen molar-refractivity contribution in [3.8, 4) is 0 Å². The Morgan fingerprint density at radius 3 is 2.73 bits per heavy atom. The lowest BCUT2D eigenvalue weighted by Crippen LogP contribution is -2.43. The van der Waals surface area contributed by atoms with Crippen molar-refractivity contribution in [1.82, 2.24) is 25.3 Å². The van der Waals surface area contributed by atoms with E-state index in [0.29, 0.717) is 6.04 Å². The molecule has 7 heteroatoms. The summed E-state index contributed by atoms with van der Waals surface area (Å²) in [4.78, 5) is 14.1. The highest BCUT2D eigenvalue weighted by atomic mass is 32.1. The molecule has 30 heavy (non-hydrogen) atoms. The number of hydrogen-bond acceptors (Lipinski definition) is 5. The summed E-state index contributed by atoms with van der Waals surface area (Å²) in [6.07, 6.45) is 3.87. The third kappa shape index (κ3) is 7.52. The van der Waals surface area contributed by atoms with Gasteiger partial charge in [0.15, 0.2) is 5.96 Å². The molecule has 1 unspecified atom stereocenters. The van der Waals surface area contributed by atoms with Gasteiger partial charge in [0, 0.05) is 37.6 Å². The largest absolute Gasteiger partial charge is 0.357 e. The molecule has 2 aliphatic rings. The molecule has 2 fully saturated rings. The first-order chi connectivity index (χ1) is 14.7. The van der Waals surface area contributed by atoms with Crippen LogP contribution in [0.15, 0.2) is 22.5 Å². The average Bonchev–Trinajstić information content (AvgIpc) is 3.19. The predicted octanol–water partition coefficient (Wildman–Crippen LogP) is 2.71. The van der Waals surface area contributed by atoms with E-state index in [1.165, 1.54) is 63.4 Å². The first kappa shape index (κ1) is 23.5. The van der Waals surface area contributed by atoms with Crippen molar-refractivity contribution in [1.29, 1.82) is 0 Å². The monoisotopic (exact) mass is 434 g/mol. The third-order valence-corrected chi connectivity index (χ3v) is 7.40. The van der Waals surface area contributed by atoms with Crippen molar-refractivity contribution in [3.05, 3.63) is 22.4 Å². The molecule has 2 saturated heterocycles.